The highest BCUT2D eigenvalue weighted by Gasteiger charge is 2.36. The summed E-state index contributed by atoms with van der Waals surface area (Å²) in [5, 5.41) is 6.40. The Morgan fingerprint density at radius 1 is 1.29 bits per heavy atom. The summed E-state index contributed by atoms with van der Waals surface area (Å²) in [7, 11) is 0. The Labute approximate surface area is 151 Å². The van der Waals surface area contributed by atoms with Gasteiger partial charge in [-0.1, -0.05) is 43.5 Å². The lowest BCUT2D eigenvalue weighted by Gasteiger charge is -2.39. The second-order valence-corrected chi connectivity index (χ2v) is 6.94. The number of amides is 1. The number of nitrogens with one attached hydrogen (secondary N) is 2. The molecule has 0 radical (unpaired) electrons. The summed E-state index contributed by atoms with van der Waals surface area (Å²) in [4.78, 5) is 12.4. The molecular weight excluding hydrogens is 324 g/mol. The summed E-state index contributed by atoms with van der Waals surface area (Å²) in [5.41, 5.74) is 2.82. The fourth-order valence-electron chi connectivity index (χ4n) is 4.04. The number of halogens is 1. The van der Waals surface area contributed by atoms with Crippen molar-refractivity contribution in [2.45, 2.75) is 50.5 Å². The van der Waals surface area contributed by atoms with Crippen molar-refractivity contribution in [3.05, 3.63) is 35.4 Å². The van der Waals surface area contributed by atoms with Crippen LogP contribution in [0.15, 0.2) is 24.3 Å². The number of hydrogen-bond donors (Lipinski definition) is 2. The van der Waals surface area contributed by atoms with Gasteiger partial charge in [-0.25, -0.2) is 0 Å². The van der Waals surface area contributed by atoms with E-state index in [9.17, 15) is 4.79 Å². The maximum Gasteiger partial charge on any atom is 0.250 e. The highest BCUT2D eigenvalue weighted by atomic mass is 35.5. The van der Waals surface area contributed by atoms with Crippen LogP contribution in [0.5, 0.6) is 0 Å². The fraction of sp³-hybridized carbons (Fsp3) is 0.632. The zero-order chi connectivity index (χ0) is 16.1. The second kappa shape index (κ2) is 8.84. The van der Waals surface area contributed by atoms with E-state index in [4.69, 9.17) is 4.74 Å². The van der Waals surface area contributed by atoms with E-state index in [-0.39, 0.29) is 29.8 Å². The van der Waals surface area contributed by atoms with Gasteiger partial charge in [-0.05, 0) is 30.9 Å². The Morgan fingerprint density at radius 3 is 2.71 bits per heavy atom. The lowest BCUT2D eigenvalue weighted by atomic mass is 9.68. The molecule has 3 rings (SSSR count). The molecule has 2 aliphatic rings. The molecule has 4 nitrogen and oxygen atoms in total. The van der Waals surface area contributed by atoms with Crippen molar-refractivity contribution in [2.24, 2.45) is 0 Å². The summed E-state index contributed by atoms with van der Waals surface area (Å²) in [5.74, 6) is 0.0238. The standard InChI is InChI=1S/C19H28N2O2.ClH/c1-15-7-3-4-8-16(15)19(9-5-2-6-10-19)14-21-18(22)17-13-20-11-12-23-17;/h3-4,7-8,17,20H,2,5-6,9-14H2,1H3,(H,21,22);1H. The zero-order valence-electron chi connectivity index (χ0n) is 14.5. The molecule has 1 saturated heterocycles. The molecule has 1 aliphatic heterocycles. The molecule has 1 atom stereocenters. The second-order valence-electron chi connectivity index (χ2n) is 6.94. The Bertz CT molecular complexity index is 538. The van der Waals surface area contributed by atoms with Crippen LogP contribution < -0.4 is 10.6 Å². The van der Waals surface area contributed by atoms with Gasteiger partial charge in [0.2, 0.25) is 5.91 Å². The lowest BCUT2D eigenvalue weighted by molar-refractivity contribution is -0.134. The quantitative estimate of drug-likeness (QED) is 0.876. The molecule has 1 aliphatic carbocycles. The maximum absolute atomic E-state index is 12.4. The molecule has 0 bridgehead atoms. The van der Waals surface area contributed by atoms with Crippen molar-refractivity contribution in [3.8, 4) is 0 Å². The summed E-state index contributed by atoms with van der Waals surface area (Å²) in [6.45, 7) is 4.96. The third kappa shape index (κ3) is 4.29. The highest BCUT2D eigenvalue weighted by molar-refractivity contribution is 5.85. The van der Waals surface area contributed by atoms with Crippen molar-refractivity contribution >= 4 is 18.3 Å². The van der Waals surface area contributed by atoms with E-state index in [1.54, 1.807) is 0 Å². The van der Waals surface area contributed by atoms with E-state index in [2.05, 4.69) is 41.8 Å². The van der Waals surface area contributed by atoms with Gasteiger partial charge in [-0.15, -0.1) is 12.4 Å². The predicted octanol–water partition coefficient (Wildman–Crippen LogP) is 2.72. The molecule has 0 aromatic heterocycles. The summed E-state index contributed by atoms with van der Waals surface area (Å²) in [6.07, 6.45) is 5.75. The average molecular weight is 353 g/mol. The van der Waals surface area contributed by atoms with Crippen LogP contribution >= 0.6 is 12.4 Å². The lowest BCUT2D eigenvalue weighted by Crippen LogP contribution is -2.51. The molecule has 2 fully saturated rings. The number of morpholine rings is 1. The van der Waals surface area contributed by atoms with Gasteiger partial charge in [0.15, 0.2) is 0 Å². The first-order valence-electron chi connectivity index (χ1n) is 8.87. The predicted molar refractivity (Wildman–Crippen MR) is 98.8 cm³/mol. The smallest absolute Gasteiger partial charge is 0.250 e. The van der Waals surface area contributed by atoms with E-state index < -0.39 is 0 Å². The molecule has 1 unspecified atom stereocenters. The molecule has 134 valence electrons. The zero-order valence-corrected chi connectivity index (χ0v) is 15.3. The van der Waals surface area contributed by atoms with Crippen LogP contribution in [0.1, 0.15) is 43.2 Å². The Hall–Kier alpha value is -1.10. The monoisotopic (exact) mass is 352 g/mol. The molecule has 2 N–H and O–H groups in total. The van der Waals surface area contributed by atoms with Gasteiger partial charge in [-0.2, -0.15) is 0 Å². The van der Waals surface area contributed by atoms with Gasteiger partial charge in [0.05, 0.1) is 6.61 Å². The maximum atomic E-state index is 12.4. The molecular formula is C19H29ClN2O2. The van der Waals surface area contributed by atoms with Gasteiger partial charge in [0.1, 0.15) is 6.10 Å². The van der Waals surface area contributed by atoms with Gasteiger partial charge < -0.3 is 15.4 Å². The minimum Gasteiger partial charge on any atom is -0.366 e. The van der Waals surface area contributed by atoms with Crippen LogP contribution in [0.3, 0.4) is 0 Å². The Balaban J connectivity index is 0.00000208. The number of hydrogen-bond acceptors (Lipinski definition) is 3. The fourth-order valence-corrected chi connectivity index (χ4v) is 4.04. The summed E-state index contributed by atoms with van der Waals surface area (Å²) >= 11 is 0. The van der Waals surface area contributed by atoms with Crippen LogP contribution in [0.25, 0.3) is 0 Å². The Kier molecular flexibility index (Phi) is 7.08. The van der Waals surface area contributed by atoms with Crippen molar-refractivity contribution in [2.75, 3.05) is 26.2 Å². The van der Waals surface area contributed by atoms with Gasteiger partial charge in [0, 0.05) is 25.0 Å². The third-order valence-electron chi connectivity index (χ3n) is 5.35. The molecule has 1 amide bonds. The average Bonchev–Trinajstić information content (AvgIpc) is 2.61. The SMILES string of the molecule is Cc1ccccc1C1(CNC(=O)C2CNCCO2)CCCCC1.Cl. The van der Waals surface area contributed by atoms with E-state index in [1.807, 2.05) is 0 Å². The molecule has 1 aromatic carbocycles. The van der Waals surface area contributed by atoms with Crippen LogP contribution in [-0.4, -0.2) is 38.3 Å². The summed E-state index contributed by atoms with van der Waals surface area (Å²) in [6, 6.07) is 8.64. The van der Waals surface area contributed by atoms with Crippen molar-refractivity contribution in [1.82, 2.24) is 10.6 Å². The minimum atomic E-state index is -0.346. The molecule has 1 heterocycles. The number of rotatable bonds is 4. The number of aryl methyl sites for hydroxylation is 1. The number of benzene rings is 1. The highest BCUT2D eigenvalue weighted by Crippen LogP contribution is 2.40. The molecule has 5 heteroatoms. The molecule has 1 aromatic rings. The van der Waals surface area contributed by atoms with E-state index in [1.165, 1.54) is 30.4 Å². The first-order valence-corrected chi connectivity index (χ1v) is 8.87. The van der Waals surface area contributed by atoms with Crippen molar-refractivity contribution in [1.29, 1.82) is 0 Å². The molecule has 0 spiro atoms. The van der Waals surface area contributed by atoms with Crippen LogP contribution in [0.4, 0.5) is 0 Å². The van der Waals surface area contributed by atoms with Crippen molar-refractivity contribution < 1.29 is 9.53 Å². The van der Waals surface area contributed by atoms with Crippen LogP contribution in [0, 0.1) is 6.92 Å². The van der Waals surface area contributed by atoms with Crippen molar-refractivity contribution in [3.63, 3.8) is 0 Å². The summed E-state index contributed by atoms with van der Waals surface area (Å²) < 4.78 is 5.57. The van der Waals surface area contributed by atoms with Gasteiger partial charge in [0.25, 0.3) is 0 Å². The van der Waals surface area contributed by atoms with E-state index >= 15 is 0 Å². The van der Waals surface area contributed by atoms with Gasteiger partial charge in [-0.3, -0.25) is 4.79 Å². The normalized spacial score (nSPS) is 23.1. The Morgan fingerprint density at radius 2 is 2.04 bits per heavy atom. The van der Waals surface area contributed by atoms with E-state index in [0.29, 0.717) is 13.2 Å². The first kappa shape index (κ1) is 19.2. The number of ether oxygens (including phenoxy) is 1. The minimum absolute atomic E-state index is 0. The first-order chi connectivity index (χ1) is 11.2. The topological polar surface area (TPSA) is 50.4 Å². The number of carbonyl (C=O) groups is 1. The molecule has 24 heavy (non-hydrogen) atoms. The van der Waals surface area contributed by atoms with E-state index in [0.717, 1.165) is 25.9 Å². The largest absolute Gasteiger partial charge is 0.366 e. The molecule has 1 saturated carbocycles. The third-order valence-corrected chi connectivity index (χ3v) is 5.35. The number of carbonyl (C=O) groups excluding carboxylic acids is 1. The van der Waals surface area contributed by atoms with Crippen LogP contribution in [0.2, 0.25) is 0 Å². The van der Waals surface area contributed by atoms with Gasteiger partial charge >= 0.3 is 0 Å². The van der Waals surface area contributed by atoms with Crippen LogP contribution in [-0.2, 0) is 14.9 Å².